The minimum Gasteiger partial charge on any atom is -0.508 e. The highest BCUT2D eigenvalue weighted by molar-refractivity contribution is 6.32. The van der Waals surface area contributed by atoms with Crippen molar-refractivity contribution >= 4 is 44.5 Å². The van der Waals surface area contributed by atoms with Gasteiger partial charge in [0, 0.05) is 21.7 Å². The molecular weight excluding hydrogens is 1210 g/mol. The predicted molar refractivity (Wildman–Crippen MR) is 423 cm³/mol. The third-order valence-corrected chi connectivity index (χ3v) is 24.2. The molecule has 4 aliphatic rings. The maximum absolute atomic E-state index is 9.95. The molecule has 0 spiro atoms. The van der Waals surface area contributed by atoms with Gasteiger partial charge in [-0.15, -0.1) is 0 Å². The largest absolute Gasteiger partial charge is 0.508 e. The summed E-state index contributed by atoms with van der Waals surface area (Å²) in [6.07, 6.45) is 9.93. The molecule has 100 heavy (non-hydrogen) atoms. The van der Waals surface area contributed by atoms with Crippen LogP contribution in [0.1, 0.15) is 146 Å². The molecule has 2 N–H and O–H groups in total. The molecule has 0 fully saturated rings. The van der Waals surface area contributed by atoms with Gasteiger partial charge in [0.1, 0.15) is 11.5 Å². The van der Waals surface area contributed by atoms with Crippen LogP contribution in [0.25, 0.3) is 133 Å². The Hall–Kier alpha value is -10.8. The number of phenolic OH excluding ortho intramolecular Hbond substituents is 2. The first-order valence-electron chi connectivity index (χ1n) is 36.0. The molecule has 0 aromatic heterocycles. The van der Waals surface area contributed by atoms with E-state index in [1.54, 1.807) is 24.3 Å². The van der Waals surface area contributed by atoms with E-state index in [0.717, 1.165) is 49.7 Å². The molecule has 18 rings (SSSR count). The second-order valence-corrected chi connectivity index (χ2v) is 31.4. The first kappa shape index (κ1) is 61.5. The SMILES string of the molecule is C=Cc1ccc2c(c1)C(C)(C)c1cc(-c3cc(-c4ccc5c(c4)C(C)(C)c4cc(C=C)ccc4-5)c4ccc5c(-c6ccc7c(c6)C(C)(C)c6cc(CCCc8ccc(O)cc8)ccc6-7)cc(-c6ccc7c(c6)C(C)(C)c6cc(CCCc8ccc(O)cc8)ccc6-7)c6ccc3c4c65)ccc1-2. The molecule has 0 atom stereocenters. The van der Waals surface area contributed by atoms with Crippen molar-refractivity contribution in [1.29, 1.82) is 0 Å². The van der Waals surface area contributed by atoms with Gasteiger partial charge in [0.25, 0.3) is 0 Å². The van der Waals surface area contributed by atoms with Crippen molar-refractivity contribution in [3.05, 3.63) is 322 Å². The van der Waals surface area contributed by atoms with E-state index in [-0.39, 0.29) is 21.7 Å². The normalized spacial score (nSPS) is 14.9. The van der Waals surface area contributed by atoms with Crippen LogP contribution in [0.3, 0.4) is 0 Å². The van der Waals surface area contributed by atoms with Crippen LogP contribution in [0.4, 0.5) is 0 Å². The summed E-state index contributed by atoms with van der Waals surface area (Å²) >= 11 is 0. The van der Waals surface area contributed by atoms with Gasteiger partial charge in [-0.25, -0.2) is 0 Å². The van der Waals surface area contributed by atoms with Crippen molar-refractivity contribution in [3.8, 4) is 101 Å². The zero-order chi connectivity index (χ0) is 68.5. The lowest BCUT2D eigenvalue weighted by Gasteiger charge is -2.25. The fraction of sp³-hybridized carbons (Fsp3) is 0.184. The van der Waals surface area contributed by atoms with E-state index in [1.807, 2.05) is 36.4 Å². The third-order valence-electron chi connectivity index (χ3n) is 24.2. The summed E-state index contributed by atoms with van der Waals surface area (Å²) in [5.74, 6) is 0.623. The second kappa shape index (κ2) is 22.4. The van der Waals surface area contributed by atoms with Gasteiger partial charge in [0.15, 0.2) is 0 Å². The van der Waals surface area contributed by atoms with Crippen LogP contribution < -0.4 is 0 Å². The van der Waals surface area contributed by atoms with E-state index in [4.69, 9.17) is 0 Å². The van der Waals surface area contributed by atoms with E-state index in [1.165, 1.54) is 188 Å². The Morgan fingerprint density at radius 3 is 0.780 bits per heavy atom. The molecule has 0 saturated carbocycles. The topological polar surface area (TPSA) is 40.5 Å². The molecule has 4 aliphatic carbocycles. The van der Waals surface area contributed by atoms with Gasteiger partial charge in [-0.2, -0.15) is 0 Å². The van der Waals surface area contributed by atoms with Gasteiger partial charge in [0.05, 0.1) is 0 Å². The molecule has 14 aromatic carbocycles. The van der Waals surface area contributed by atoms with E-state index < -0.39 is 0 Å². The van der Waals surface area contributed by atoms with Crippen molar-refractivity contribution in [2.45, 2.75) is 116 Å². The summed E-state index contributed by atoms with van der Waals surface area (Å²) in [5.41, 5.74) is 37.8. The highest BCUT2D eigenvalue weighted by atomic mass is 16.3. The van der Waals surface area contributed by atoms with E-state index in [2.05, 4.69) is 251 Å². The Bertz CT molecular complexity index is 5470. The van der Waals surface area contributed by atoms with E-state index in [9.17, 15) is 10.2 Å². The van der Waals surface area contributed by atoms with E-state index in [0.29, 0.717) is 11.5 Å². The molecule has 2 nitrogen and oxygen atoms in total. The minimum atomic E-state index is -0.239. The number of phenols is 2. The average Bonchev–Trinajstić information content (AvgIpc) is 0.783. The van der Waals surface area contributed by atoms with Crippen LogP contribution in [0.2, 0.25) is 0 Å². The van der Waals surface area contributed by atoms with Crippen molar-refractivity contribution in [2.24, 2.45) is 0 Å². The van der Waals surface area contributed by atoms with Crippen LogP contribution in [0.15, 0.2) is 244 Å². The highest BCUT2D eigenvalue weighted by Crippen LogP contribution is 2.58. The number of aryl methyl sites for hydroxylation is 4. The smallest absolute Gasteiger partial charge is 0.115 e. The fourth-order valence-electron chi connectivity index (χ4n) is 18.6. The molecule has 0 heterocycles. The van der Waals surface area contributed by atoms with Crippen molar-refractivity contribution in [3.63, 3.8) is 0 Å². The Kier molecular flexibility index (Phi) is 13.8. The maximum atomic E-state index is 9.95. The summed E-state index contributed by atoms with van der Waals surface area (Å²) in [7, 11) is 0. The van der Waals surface area contributed by atoms with Crippen LogP contribution in [0.5, 0.6) is 11.5 Å². The van der Waals surface area contributed by atoms with Crippen LogP contribution in [-0.2, 0) is 47.3 Å². The quantitative estimate of drug-likeness (QED) is 0.107. The maximum Gasteiger partial charge on any atom is 0.115 e. The van der Waals surface area contributed by atoms with Crippen molar-refractivity contribution in [1.82, 2.24) is 0 Å². The second-order valence-electron chi connectivity index (χ2n) is 31.4. The zero-order valence-electron chi connectivity index (χ0n) is 58.6. The predicted octanol–water partition coefficient (Wildman–Crippen LogP) is 25.5. The fourth-order valence-corrected chi connectivity index (χ4v) is 18.6. The lowest BCUT2D eigenvalue weighted by Crippen LogP contribution is -2.15. The molecule has 2 heteroatoms. The molecule has 486 valence electrons. The Morgan fingerprint density at radius 1 is 0.250 bits per heavy atom. The average molecular weight is 1290 g/mol. The molecule has 0 bridgehead atoms. The highest BCUT2D eigenvalue weighted by Gasteiger charge is 2.41. The summed E-state index contributed by atoms with van der Waals surface area (Å²) in [5, 5.41) is 27.5. The summed E-state index contributed by atoms with van der Waals surface area (Å²) in [6, 6.07) is 87.8. The first-order valence-corrected chi connectivity index (χ1v) is 36.0. The summed E-state index contributed by atoms with van der Waals surface area (Å²) in [4.78, 5) is 0. The molecule has 14 aromatic rings. The zero-order valence-corrected chi connectivity index (χ0v) is 58.6. The first-order chi connectivity index (χ1) is 48.3. The van der Waals surface area contributed by atoms with Gasteiger partial charge in [-0.05, 0) is 298 Å². The number of benzene rings is 14. The number of aromatic hydroxyl groups is 2. The molecule has 0 unspecified atom stereocenters. The van der Waals surface area contributed by atoms with Gasteiger partial charge in [0.2, 0.25) is 0 Å². The molecule has 0 aliphatic heterocycles. The molecule has 0 radical (unpaired) electrons. The van der Waals surface area contributed by atoms with Gasteiger partial charge < -0.3 is 10.2 Å². The lowest BCUT2D eigenvalue weighted by molar-refractivity contribution is 0.474. The molecular formula is C98H82O2. The third kappa shape index (κ3) is 9.35. The lowest BCUT2D eigenvalue weighted by atomic mass is 9.78. The standard InChI is InChI=1S/C98H82O2/c1-11-57-23-35-69-73-39-27-63(51-89(73)95(3,4)85(69)47-57)81-55-82(64-28-40-74-70-36-24-58(12-2)48-86(70)96(5,6)90(74)52-64)78-44-46-80-84(66-30-42-76-72-38-26-62(50-88(72)98(9,10)92(76)54-66)18-14-16-60-21-33-68(100)34-22-60)56-83(79-45-43-77(81)93(78)94(79)80)65-29-41-75-71-37-25-61(49-87(71)97(7,8)91(75)53-65)17-13-15-59-19-31-67(99)32-20-59/h11-12,19-56,99-100H,1-2,13-18H2,3-10H3. The van der Waals surface area contributed by atoms with Crippen molar-refractivity contribution < 1.29 is 10.2 Å². The summed E-state index contributed by atoms with van der Waals surface area (Å²) < 4.78 is 0. The summed E-state index contributed by atoms with van der Waals surface area (Å²) in [6.45, 7) is 27.7. The van der Waals surface area contributed by atoms with Crippen LogP contribution in [0, 0.1) is 0 Å². The molecule has 0 amide bonds. The van der Waals surface area contributed by atoms with Crippen molar-refractivity contribution in [2.75, 3.05) is 0 Å². The number of fused-ring (bicyclic) bond motifs is 12. The number of hydrogen-bond acceptors (Lipinski definition) is 2. The Balaban J connectivity index is 0.833. The Morgan fingerprint density at radius 2 is 0.490 bits per heavy atom. The number of rotatable bonds is 14. The van der Waals surface area contributed by atoms with E-state index >= 15 is 0 Å². The van der Waals surface area contributed by atoms with Crippen LogP contribution >= 0.6 is 0 Å². The van der Waals surface area contributed by atoms with Gasteiger partial charge in [-0.3, -0.25) is 0 Å². The van der Waals surface area contributed by atoms with Gasteiger partial charge >= 0.3 is 0 Å². The van der Waals surface area contributed by atoms with Crippen LogP contribution in [-0.4, -0.2) is 10.2 Å². The monoisotopic (exact) mass is 1290 g/mol. The number of hydrogen-bond donors (Lipinski definition) is 2. The minimum absolute atomic E-state index is 0.227. The molecule has 0 saturated heterocycles. The Labute approximate surface area is 588 Å². The van der Waals surface area contributed by atoms with Gasteiger partial charge in [-0.1, -0.05) is 251 Å².